The smallest absolute Gasteiger partial charge is 0.414 e. The molecule has 0 radical (unpaired) electrons. The van der Waals surface area contributed by atoms with Crippen molar-refractivity contribution < 1.29 is 38.8 Å². The second kappa shape index (κ2) is 15.3. The molecule has 1 amide bonds. The van der Waals surface area contributed by atoms with E-state index in [9.17, 15) is 4.79 Å². The van der Waals surface area contributed by atoms with Gasteiger partial charge in [0.25, 0.3) is 0 Å². The van der Waals surface area contributed by atoms with E-state index in [-0.39, 0.29) is 12.5 Å². The van der Waals surface area contributed by atoms with Crippen molar-refractivity contribution in [2.75, 3.05) is 63.3 Å². The van der Waals surface area contributed by atoms with Crippen LogP contribution in [-0.2, 0) is 25.7 Å². The summed E-state index contributed by atoms with van der Waals surface area (Å²) in [7, 11) is 1.93. The number of likely N-dealkylation sites (N-methyl/N-ethyl adjacent to an activating group) is 1. The van der Waals surface area contributed by atoms with Crippen LogP contribution in [0.2, 0.25) is 0 Å². The molecular weight excluding hydrogens is 482 g/mol. The van der Waals surface area contributed by atoms with E-state index in [1.165, 1.54) is 5.56 Å². The minimum absolute atomic E-state index is 0.0963. The second-order valence-corrected chi connectivity index (χ2v) is 8.10. The standard InChI is InChI=1S/C24H33N3O4.C2H2O4/c1-4-30-22-16-21(27-11-13-29-14-12-27)23(31-5-2)15-20(22)25-24(28)18-26(3)17-19-9-7-6-8-10-19;3-1(4)2(5)6/h6-10,15-16H,4-5,11-14,17-18H2,1-3H3,(H,25,28);(H,3,4)(H,5,6). The molecule has 3 rings (SSSR count). The van der Waals surface area contributed by atoms with Gasteiger partial charge in [0, 0.05) is 31.8 Å². The third-order valence-electron chi connectivity index (χ3n) is 5.18. The molecule has 0 saturated carbocycles. The highest BCUT2D eigenvalue weighted by atomic mass is 16.5. The number of nitrogens with one attached hydrogen (secondary N) is 1. The van der Waals surface area contributed by atoms with Crippen molar-refractivity contribution in [2.45, 2.75) is 20.4 Å². The van der Waals surface area contributed by atoms with Gasteiger partial charge in [-0.2, -0.15) is 0 Å². The van der Waals surface area contributed by atoms with E-state index >= 15 is 0 Å². The van der Waals surface area contributed by atoms with Gasteiger partial charge >= 0.3 is 11.9 Å². The van der Waals surface area contributed by atoms with Crippen LogP contribution in [0.5, 0.6) is 11.5 Å². The molecule has 0 aliphatic carbocycles. The minimum atomic E-state index is -1.82. The molecule has 0 atom stereocenters. The Labute approximate surface area is 216 Å². The highest BCUT2D eigenvalue weighted by Crippen LogP contribution is 2.39. The van der Waals surface area contributed by atoms with Gasteiger partial charge in [0.1, 0.15) is 11.5 Å². The zero-order chi connectivity index (χ0) is 27.2. The van der Waals surface area contributed by atoms with Crippen molar-refractivity contribution in [3.05, 3.63) is 48.0 Å². The number of carboxylic acids is 2. The van der Waals surface area contributed by atoms with Crippen LogP contribution in [0.15, 0.2) is 42.5 Å². The number of hydrogen-bond acceptors (Lipinski definition) is 8. The van der Waals surface area contributed by atoms with Crippen LogP contribution in [-0.4, -0.2) is 86.1 Å². The van der Waals surface area contributed by atoms with Gasteiger partial charge in [0.2, 0.25) is 5.91 Å². The summed E-state index contributed by atoms with van der Waals surface area (Å²) in [6, 6.07) is 13.9. The Morgan fingerprint density at radius 3 is 2.14 bits per heavy atom. The number of carbonyl (C=O) groups excluding carboxylic acids is 1. The third-order valence-corrected chi connectivity index (χ3v) is 5.18. The van der Waals surface area contributed by atoms with Crippen molar-refractivity contribution in [1.82, 2.24) is 4.90 Å². The number of nitrogens with zero attached hydrogens (tertiary/aromatic N) is 2. The van der Waals surface area contributed by atoms with Gasteiger partial charge in [-0.1, -0.05) is 30.3 Å². The molecule has 1 fully saturated rings. The van der Waals surface area contributed by atoms with E-state index in [0.29, 0.717) is 44.4 Å². The van der Waals surface area contributed by atoms with Crippen LogP contribution in [0.1, 0.15) is 19.4 Å². The molecule has 2 aromatic rings. The first-order valence-electron chi connectivity index (χ1n) is 12.0. The highest BCUT2D eigenvalue weighted by Gasteiger charge is 2.20. The predicted molar refractivity (Wildman–Crippen MR) is 138 cm³/mol. The number of benzene rings is 2. The average Bonchev–Trinajstić information content (AvgIpc) is 2.87. The Balaban J connectivity index is 0.000000717. The Morgan fingerprint density at radius 1 is 0.973 bits per heavy atom. The number of anilines is 2. The zero-order valence-corrected chi connectivity index (χ0v) is 21.4. The highest BCUT2D eigenvalue weighted by molar-refractivity contribution is 6.27. The van der Waals surface area contributed by atoms with Crippen molar-refractivity contribution in [1.29, 1.82) is 0 Å². The van der Waals surface area contributed by atoms with Gasteiger partial charge in [-0.3, -0.25) is 9.69 Å². The molecule has 1 aliphatic rings. The molecule has 202 valence electrons. The second-order valence-electron chi connectivity index (χ2n) is 8.10. The van der Waals surface area contributed by atoms with Crippen LogP contribution in [0.4, 0.5) is 11.4 Å². The lowest BCUT2D eigenvalue weighted by atomic mass is 10.2. The maximum Gasteiger partial charge on any atom is 0.414 e. The Hall–Kier alpha value is -3.83. The van der Waals surface area contributed by atoms with E-state index in [2.05, 4.69) is 22.3 Å². The zero-order valence-electron chi connectivity index (χ0n) is 21.4. The van der Waals surface area contributed by atoms with Crippen LogP contribution in [0.3, 0.4) is 0 Å². The number of carboxylic acid groups (broad SMARTS) is 2. The molecule has 1 aliphatic heterocycles. The van der Waals surface area contributed by atoms with Gasteiger partial charge in [0.15, 0.2) is 0 Å². The van der Waals surface area contributed by atoms with Gasteiger partial charge in [-0.15, -0.1) is 0 Å². The number of hydrogen-bond donors (Lipinski definition) is 3. The Morgan fingerprint density at radius 2 is 1.57 bits per heavy atom. The monoisotopic (exact) mass is 517 g/mol. The summed E-state index contributed by atoms with van der Waals surface area (Å²) < 4.78 is 17.2. The van der Waals surface area contributed by atoms with Crippen LogP contribution in [0.25, 0.3) is 0 Å². The van der Waals surface area contributed by atoms with E-state index in [1.807, 2.05) is 56.1 Å². The summed E-state index contributed by atoms with van der Waals surface area (Å²) in [6.45, 7) is 8.86. The number of amides is 1. The SMILES string of the molecule is CCOc1cc(N2CCOCC2)c(OCC)cc1NC(=O)CN(C)Cc1ccccc1.O=C(O)C(=O)O. The lowest BCUT2D eigenvalue weighted by Gasteiger charge is -2.31. The van der Waals surface area contributed by atoms with Crippen molar-refractivity contribution >= 4 is 29.2 Å². The van der Waals surface area contributed by atoms with Crippen LogP contribution in [0, 0.1) is 0 Å². The summed E-state index contributed by atoms with van der Waals surface area (Å²) in [5.74, 6) is -2.36. The summed E-state index contributed by atoms with van der Waals surface area (Å²) in [5.41, 5.74) is 2.76. The normalized spacial score (nSPS) is 12.8. The summed E-state index contributed by atoms with van der Waals surface area (Å²) >= 11 is 0. The fourth-order valence-electron chi connectivity index (χ4n) is 3.63. The van der Waals surface area contributed by atoms with E-state index in [1.54, 1.807) is 0 Å². The first kappa shape index (κ1) is 29.4. The molecule has 37 heavy (non-hydrogen) atoms. The van der Waals surface area contributed by atoms with Crippen LogP contribution < -0.4 is 19.7 Å². The van der Waals surface area contributed by atoms with E-state index in [4.69, 9.17) is 34.0 Å². The molecule has 0 bridgehead atoms. The molecule has 0 aromatic heterocycles. The number of morpholine rings is 1. The van der Waals surface area contributed by atoms with Gasteiger partial charge in [-0.05, 0) is 26.5 Å². The van der Waals surface area contributed by atoms with Crippen molar-refractivity contribution in [3.8, 4) is 11.5 Å². The Kier molecular flexibility index (Phi) is 12.2. The lowest BCUT2D eigenvalue weighted by molar-refractivity contribution is -0.159. The summed E-state index contributed by atoms with van der Waals surface area (Å²) in [5, 5.41) is 17.8. The largest absolute Gasteiger partial charge is 0.492 e. The third kappa shape index (κ3) is 9.98. The molecule has 11 heteroatoms. The molecule has 0 spiro atoms. The maximum absolute atomic E-state index is 12.7. The van der Waals surface area contributed by atoms with E-state index < -0.39 is 11.9 Å². The van der Waals surface area contributed by atoms with Gasteiger partial charge in [0.05, 0.1) is 44.3 Å². The van der Waals surface area contributed by atoms with Crippen molar-refractivity contribution in [2.24, 2.45) is 0 Å². The average molecular weight is 518 g/mol. The summed E-state index contributed by atoms with van der Waals surface area (Å²) in [6.07, 6.45) is 0. The Bertz CT molecular complexity index is 1010. The topological polar surface area (TPSA) is 138 Å². The maximum atomic E-state index is 12.7. The molecule has 1 heterocycles. The summed E-state index contributed by atoms with van der Waals surface area (Å²) in [4.78, 5) is 35.2. The molecule has 0 unspecified atom stereocenters. The first-order chi connectivity index (χ1) is 17.7. The molecule has 2 aromatic carbocycles. The quantitative estimate of drug-likeness (QED) is 0.403. The number of ether oxygens (including phenoxy) is 3. The van der Waals surface area contributed by atoms with Crippen LogP contribution >= 0.6 is 0 Å². The minimum Gasteiger partial charge on any atom is -0.492 e. The molecule has 11 nitrogen and oxygen atoms in total. The molecule has 1 saturated heterocycles. The predicted octanol–water partition coefficient (Wildman–Crippen LogP) is 2.55. The number of carbonyl (C=O) groups is 3. The lowest BCUT2D eigenvalue weighted by Crippen LogP contribution is -2.36. The molecule has 3 N–H and O–H groups in total. The van der Waals surface area contributed by atoms with E-state index in [0.717, 1.165) is 24.5 Å². The number of aliphatic carboxylic acids is 2. The van der Waals surface area contributed by atoms with Gasteiger partial charge < -0.3 is 34.6 Å². The fourth-order valence-corrected chi connectivity index (χ4v) is 3.63. The number of rotatable bonds is 10. The van der Waals surface area contributed by atoms with Crippen molar-refractivity contribution in [3.63, 3.8) is 0 Å². The fraction of sp³-hybridized carbons (Fsp3) is 0.423. The first-order valence-corrected chi connectivity index (χ1v) is 12.0. The van der Waals surface area contributed by atoms with Gasteiger partial charge in [-0.25, -0.2) is 9.59 Å². The molecular formula is C26H35N3O8.